The number of ether oxygens (including phenoxy) is 1. The third kappa shape index (κ3) is 10.0. The number of guanidine groups is 1. The van der Waals surface area contributed by atoms with Gasteiger partial charge in [-0.2, -0.15) is 0 Å². The lowest BCUT2D eigenvalue weighted by Crippen LogP contribution is -2.45. The monoisotopic (exact) mass is 440 g/mol. The number of nitrogens with zero attached hydrogens (tertiary/aromatic N) is 1. The summed E-state index contributed by atoms with van der Waals surface area (Å²) >= 11 is 0. The molecule has 0 heterocycles. The molecule has 0 radical (unpaired) electrons. The van der Waals surface area contributed by atoms with Gasteiger partial charge in [0.25, 0.3) is 0 Å². The van der Waals surface area contributed by atoms with Crippen molar-refractivity contribution in [1.29, 1.82) is 0 Å². The fourth-order valence-corrected chi connectivity index (χ4v) is 2.14. The number of nitrogens with one attached hydrogen (secondary N) is 3. The van der Waals surface area contributed by atoms with Crippen LogP contribution in [0.15, 0.2) is 4.99 Å². The third-order valence-electron chi connectivity index (χ3n) is 3.74. The average molecular weight is 440 g/mol. The minimum Gasteiger partial charge on any atom is -0.379 e. The standard InChI is InChI=1S/C16H32N4O2.HI/c1-16(2,3)13(22-5)11-19-15(17-4)18-10-6-7-14(21)20-12-8-9-12;/h12-13H,6-11H2,1-5H3,(H,20,21)(H2,17,18,19);1H. The molecule has 1 amide bonds. The number of rotatable bonds is 8. The lowest BCUT2D eigenvalue weighted by molar-refractivity contribution is -0.121. The number of amides is 1. The molecular formula is C16H33IN4O2. The van der Waals surface area contributed by atoms with Gasteiger partial charge in [0.15, 0.2) is 5.96 Å². The van der Waals surface area contributed by atoms with Crippen molar-refractivity contribution >= 4 is 35.8 Å². The molecule has 1 fully saturated rings. The van der Waals surface area contributed by atoms with Crippen molar-refractivity contribution in [1.82, 2.24) is 16.0 Å². The lowest BCUT2D eigenvalue weighted by Gasteiger charge is -2.30. The fraction of sp³-hybridized carbons (Fsp3) is 0.875. The van der Waals surface area contributed by atoms with Gasteiger partial charge in [-0.3, -0.25) is 9.79 Å². The van der Waals surface area contributed by atoms with Crippen molar-refractivity contribution in [3.63, 3.8) is 0 Å². The highest BCUT2D eigenvalue weighted by atomic mass is 127. The molecule has 0 aliphatic heterocycles. The van der Waals surface area contributed by atoms with E-state index in [9.17, 15) is 4.79 Å². The van der Waals surface area contributed by atoms with E-state index in [0.29, 0.717) is 19.0 Å². The number of hydrogen-bond acceptors (Lipinski definition) is 3. The number of aliphatic imine (C=N–C) groups is 1. The molecule has 1 aliphatic rings. The Kier molecular flexibility index (Phi) is 10.8. The van der Waals surface area contributed by atoms with E-state index in [2.05, 4.69) is 41.7 Å². The number of halogens is 1. The minimum absolute atomic E-state index is 0. The Hall–Kier alpha value is -0.570. The molecule has 1 rings (SSSR count). The van der Waals surface area contributed by atoms with E-state index in [-0.39, 0.29) is 41.4 Å². The minimum atomic E-state index is 0. The second-order valence-corrected chi connectivity index (χ2v) is 6.92. The van der Waals surface area contributed by atoms with Crippen molar-refractivity contribution in [3.8, 4) is 0 Å². The third-order valence-corrected chi connectivity index (χ3v) is 3.74. The summed E-state index contributed by atoms with van der Waals surface area (Å²) < 4.78 is 5.51. The Morgan fingerprint density at radius 3 is 2.43 bits per heavy atom. The van der Waals surface area contributed by atoms with Crippen LogP contribution in [0.2, 0.25) is 0 Å². The summed E-state index contributed by atoms with van der Waals surface area (Å²) in [4.78, 5) is 15.8. The maximum atomic E-state index is 11.6. The molecule has 23 heavy (non-hydrogen) atoms. The summed E-state index contributed by atoms with van der Waals surface area (Å²) in [5.41, 5.74) is 0.0709. The summed E-state index contributed by atoms with van der Waals surface area (Å²) in [6.45, 7) is 7.87. The Bertz CT molecular complexity index is 379. The highest BCUT2D eigenvalue weighted by Gasteiger charge is 2.24. The predicted molar refractivity (Wildman–Crippen MR) is 105 cm³/mol. The van der Waals surface area contributed by atoms with Gasteiger partial charge in [-0.1, -0.05) is 20.8 Å². The van der Waals surface area contributed by atoms with Gasteiger partial charge in [0, 0.05) is 39.7 Å². The number of carbonyl (C=O) groups is 1. The molecule has 0 spiro atoms. The second-order valence-electron chi connectivity index (χ2n) is 6.92. The molecule has 0 bridgehead atoms. The maximum Gasteiger partial charge on any atom is 0.220 e. The largest absolute Gasteiger partial charge is 0.379 e. The number of methoxy groups -OCH3 is 1. The molecular weight excluding hydrogens is 407 g/mol. The first-order valence-corrected chi connectivity index (χ1v) is 8.13. The van der Waals surface area contributed by atoms with Gasteiger partial charge < -0.3 is 20.7 Å². The zero-order chi connectivity index (χ0) is 16.6. The van der Waals surface area contributed by atoms with Crippen LogP contribution >= 0.6 is 24.0 Å². The second kappa shape index (κ2) is 11.1. The Labute approximate surface area is 157 Å². The van der Waals surface area contributed by atoms with Gasteiger partial charge in [-0.15, -0.1) is 24.0 Å². The number of hydrogen-bond donors (Lipinski definition) is 3. The van der Waals surface area contributed by atoms with Crippen LogP contribution in [0.3, 0.4) is 0 Å². The average Bonchev–Trinajstić information content (AvgIpc) is 3.24. The molecule has 0 aromatic rings. The Balaban J connectivity index is 0.00000484. The van der Waals surface area contributed by atoms with Crippen LogP contribution in [0.5, 0.6) is 0 Å². The predicted octanol–water partition coefficient (Wildman–Crippen LogP) is 1.89. The molecule has 1 unspecified atom stereocenters. The lowest BCUT2D eigenvalue weighted by atomic mass is 9.89. The van der Waals surface area contributed by atoms with Crippen LogP contribution in [0.1, 0.15) is 46.5 Å². The molecule has 1 saturated carbocycles. The summed E-state index contributed by atoms with van der Waals surface area (Å²) in [6.07, 6.45) is 3.73. The zero-order valence-corrected chi connectivity index (χ0v) is 17.4. The summed E-state index contributed by atoms with van der Waals surface area (Å²) in [6, 6.07) is 0.443. The van der Waals surface area contributed by atoms with E-state index in [1.807, 2.05) is 0 Å². The molecule has 1 atom stereocenters. The van der Waals surface area contributed by atoms with Crippen LogP contribution in [-0.4, -0.2) is 51.3 Å². The van der Waals surface area contributed by atoms with E-state index >= 15 is 0 Å². The molecule has 1 aliphatic carbocycles. The molecule has 6 nitrogen and oxygen atoms in total. The van der Waals surface area contributed by atoms with Crippen LogP contribution in [0, 0.1) is 5.41 Å². The first kappa shape index (κ1) is 22.4. The van der Waals surface area contributed by atoms with Gasteiger partial charge in [-0.25, -0.2) is 0 Å². The van der Waals surface area contributed by atoms with E-state index in [1.54, 1.807) is 14.2 Å². The van der Waals surface area contributed by atoms with Gasteiger partial charge in [0.1, 0.15) is 0 Å². The van der Waals surface area contributed by atoms with Crippen molar-refractivity contribution in [2.45, 2.75) is 58.6 Å². The van der Waals surface area contributed by atoms with Crippen molar-refractivity contribution in [2.24, 2.45) is 10.4 Å². The van der Waals surface area contributed by atoms with Crippen LogP contribution in [-0.2, 0) is 9.53 Å². The van der Waals surface area contributed by atoms with Crippen molar-refractivity contribution < 1.29 is 9.53 Å². The molecule has 0 aromatic carbocycles. The molecule has 136 valence electrons. The quantitative estimate of drug-likeness (QED) is 0.233. The fourth-order valence-electron chi connectivity index (χ4n) is 2.14. The molecule has 0 saturated heterocycles. The SMILES string of the molecule is CN=C(NCCCC(=O)NC1CC1)NCC(OC)C(C)(C)C.I. The van der Waals surface area contributed by atoms with Crippen molar-refractivity contribution in [3.05, 3.63) is 0 Å². The van der Waals surface area contributed by atoms with E-state index in [1.165, 1.54) is 0 Å². The summed E-state index contributed by atoms with van der Waals surface area (Å²) in [5.74, 6) is 0.897. The van der Waals surface area contributed by atoms with E-state index < -0.39 is 0 Å². The Morgan fingerprint density at radius 2 is 1.96 bits per heavy atom. The first-order valence-electron chi connectivity index (χ1n) is 8.13. The van der Waals surface area contributed by atoms with Crippen LogP contribution in [0.4, 0.5) is 0 Å². The highest BCUT2D eigenvalue weighted by molar-refractivity contribution is 14.0. The summed E-state index contributed by atoms with van der Waals surface area (Å²) in [5, 5.41) is 9.49. The van der Waals surface area contributed by atoms with Gasteiger partial charge in [0.05, 0.1) is 6.10 Å². The van der Waals surface area contributed by atoms with E-state index in [0.717, 1.165) is 31.8 Å². The van der Waals surface area contributed by atoms with Crippen LogP contribution < -0.4 is 16.0 Å². The number of carbonyl (C=O) groups excluding carboxylic acids is 1. The maximum absolute atomic E-state index is 11.6. The highest BCUT2D eigenvalue weighted by Crippen LogP contribution is 2.21. The molecule has 0 aromatic heterocycles. The first-order chi connectivity index (χ1) is 10.4. The van der Waals surface area contributed by atoms with E-state index in [4.69, 9.17) is 4.74 Å². The smallest absolute Gasteiger partial charge is 0.220 e. The Morgan fingerprint density at radius 1 is 1.30 bits per heavy atom. The zero-order valence-electron chi connectivity index (χ0n) is 15.1. The molecule has 7 heteroatoms. The van der Waals surface area contributed by atoms with Crippen molar-refractivity contribution in [2.75, 3.05) is 27.2 Å². The van der Waals surface area contributed by atoms with Crippen LogP contribution in [0.25, 0.3) is 0 Å². The van der Waals surface area contributed by atoms with Gasteiger partial charge >= 0.3 is 0 Å². The summed E-state index contributed by atoms with van der Waals surface area (Å²) in [7, 11) is 3.47. The normalized spacial score (nSPS) is 16.3. The topological polar surface area (TPSA) is 74.8 Å². The van der Waals surface area contributed by atoms with Gasteiger partial charge in [0.2, 0.25) is 5.91 Å². The van der Waals surface area contributed by atoms with Gasteiger partial charge in [-0.05, 0) is 24.7 Å². The molecule has 3 N–H and O–H groups in total.